The van der Waals surface area contributed by atoms with Crippen LogP contribution in [0.4, 0.5) is 0 Å². The molecule has 3 rings (SSSR count). The summed E-state index contributed by atoms with van der Waals surface area (Å²) in [5.74, 6) is 0.273. The standard InChI is InChI=1S/C27H29BrCl2N2O3/c1-4-23(27(34)31-14-17(2)3)32(15-20-21(29)10-7-11-22(20)30)25(33)16-35-24-13-12-18-8-5-6-9-19(18)26(24)28/h5-13,17,23H,4,14-16H2,1-3H3,(H,31,34)/t23-/m1/s1. The van der Waals surface area contributed by atoms with E-state index in [0.29, 0.717) is 34.3 Å². The van der Waals surface area contributed by atoms with Crippen LogP contribution in [0.1, 0.15) is 32.8 Å². The Morgan fingerprint density at radius 2 is 1.71 bits per heavy atom. The molecule has 0 aliphatic heterocycles. The van der Waals surface area contributed by atoms with E-state index in [2.05, 4.69) is 21.2 Å². The molecule has 0 unspecified atom stereocenters. The lowest BCUT2D eigenvalue weighted by Crippen LogP contribution is -2.50. The van der Waals surface area contributed by atoms with E-state index in [4.69, 9.17) is 27.9 Å². The first-order valence-electron chi connectivity index (χ1n) is 11.5. The van der Waals surface area contributed by atoms with Crippen LogP contribution in [0.25, 0.3) is 10.8 Å². The van der Waals surface area contributed by atoms with Crippen LogP contribution in [0.15, 0.2) is 59.1 Å². The average molecular weight is 580 g/mol. The van der Waals surface area contributed by atoms with Gasteiger partial charge in [-0.1, -0.05) is 80.4 Å². The van der Waals surface area contributed by atoms with Crippen LogP contribution in [0.3, 0.4) is 0 Å². The lowest BCUT2D eigenvalue weighted by atomic mass is 10.1. The van der Waals surface area contributed by atoms with Crippen molar-refractivity contribution in [2.45, 2.75) is 39.8 Å². The molecule has 0 aromatic heterocycles. The fraction of sp³-hybridized carbons (Fsp3) is 0.333. The van der Waals surface area contributed by atoms with Crippen molar-refractivity contribution >= 4 is 61.7 Å². The molecule has 0 spiro atoms. The van der Waals surface area contributed by atoms with Crippen molar-refractivity contribution in [3.05, 3.63) is 74.7 Å². The van der Waals surface area contributed by atoms with Crippen LogP contribution in [-0.4, -0.2) is 35.9 Å². The van der Waals surface area contributed by atoms with Crippen LogP contribution in [0.2, 0.25) is 10.0 Å². The number of rotatable bonds is 10. The highest BCUT2D eigenvalue weighted by atomic mass is 79.9. The third-order valence-electron chi connectivity index (χ3n) is 5.64. The maximum atomic E-state index is 13.5. The largest absolute Gasteiger partial charge is 0.483 e. The number of fused-ring (bicyclic) bond motifs is 1. The van der Waals surface area contributed by atoms with Crippen molar-refractivity contribution in [2.24, 2.45) is 5.92 Å². The zero-order valence-electron chi connectivity index (χ0n) is 20.0. The van der Waals surface area contributed by atoms with Gasteiger partial charge in [-0.3, -0.25) is 9.59 Å². The van der Waals surface area contributed by atoms with E-state index in [-0.39, 0.29) is 30.9 Å². The van der Waals surface area contributed by atoms with Gasteiger partial charge in [0.25, 0.3) is 5.91 Å². The molecule has 5 nitrogen and oxygen atoms in total. The predicted octanol–water partition coefficient (Wildman–Crippen LogP) is 6.87. The van der Waals surface area contributed by atoms with Crippen molar-refractivity contribution < 1.29 is 14.3 Å². The smallest absolute Gasteiger partial charge is 0.261 e. The van der Waals surface area contributed by atoms with E-state index in [1.54, 1.807) is 18.2 Å². The topological polar surface area (TPSA) is 58.6 Å². The van der Waals surface area contributed by atoms with Crippen molar-refractivity contribution in [1.82, 2.24) is 10.2 Å². The zero-order valence-corrected chi connectivity index (χ0v) is 23.1. The molecule has 3 aromatic rings. The number of carbonyl (C=O) groups is 2. The Morgan fingerprint density at radius 3 is 2.37 bits per heavy atom. The third kappa shape index (κ3) is 6.90. The number of amides is 2. The summed E-state index contributed by atoms with van der Waals surface area (Å²) in [6.07, 6.45) is 0.428. The Hall–Kier alpha value is -2.28. The second kappa shape index (κ2) is 12.6. The molecule has 0 fully saturated rings. The van der Waals surface area contributed by atoms with Crippen molar-refractivity contribution in [3.8, 4) is 5.75 Å². The number of nitrogens with one attached hydrogen (secondary N) is 1. The molecule has 2 amide bonds. The van der Waals surface area contributed by atoms with Gasteiger partial charge in [0.1, 0.15) is 11.8 Å². The lowest BCUT2D eigenvalue weighted by molar-refractivity contribution is -0.143. The molecular formula is C27H29BrCl2N2O3. The first kappa shape index (κ1) is 27.3. The number of benzene rings is 3. The van der Waals surface area contributed by atoms with Gasteiger partial charge in [-0.2, -0.15) is 0 Å². The minimum atomic E-state index is -0.697. The minimum absolute atomic E-state index is 0.0905. The molecule has 0 heterocycles. The molecule has 1 atom stereocenters. The van der Waals surface area contributed by atoms with Gasteiger partial charge in [0.05, 0.1) is 4.47 Å². The number of carbonyl (C=O) groups excluding carboxylic acids is 2. The second-order valence-electron chi connectivity index (χ2n) is 8.67. The first-order chi connectivity index (χ1) is 16.7. The maximum absolute atomic E-state index is 13.5. The van der Waals surface area contributed by atoms with Gasteiger partial charge in [0.15, 0.2) is 6.61 Å². The highest BCUT2D eigenvalue weighted by Gasteiger charge is 2.30. The van der Waals surface area contributed by atoms with Crippen molar-refractivity contribution in [1.29, 1.82) is 0 Å². The highest BCUT2D eigenvalue weighted by Crippen LogP contribution is 2.33. The van der Waals surface area contributed by atoms with Crippen LogP contribution >= 0.6 is 39.1 Å². The van der Waals surface area contributed by atoms with E-state index in [9.17, 15) is 9.59 Å². The van der Waals surface area contributed by atoms with Gasteiger partial charge in [-0.25, -0.2) is 0 Å². The predicted molar refractivity (Wildman–Crippen MR) is 146 cm³/mol. The Bertz CT molecular complexity index is 1180. The minimum Gasteiger partial charge on any atom is -0.483 e. The molecule has 186 valence electrons. The summed E-state index contributed by atoms with van der Waals surface area (Å²) in [4.78, 5) is 28.0. The SMILES string of the molecule is CC[C@H](C(=O)NCC(C)C)N(Cc1c(Cl)cccc1Cl)C(=O)COc1ccc2ccccc2c1Br. The monoisotopic (exact) mass is 578 g/mol. The van der Waals surface area contributed by atoms with Gasteiger partial charge >= 0.3 is 0 Å². The van der Waals surface area contributed by atoms with Gasteiger partial charge in [-0.15, -0.1) is 0 Å². The fourth-order valence-corrected chi connectivity index (χ4v) is 4.87. The van der Waals surface area contributed by atoms with Gasteiger partial charge in [-0.05, 0) is 57.2 Å². The third-order valence-corrected chi connectivity index (χ3v) is 7.17. The molecule has 1 N–H and O–H groups in total. The fourth-order valence-electron chi connectivity index (χ4n) is 3.74. The molecule has 3 aromatic carbocycles. The number of nitrogens with zero attached hydrogens (tertiary/aromatic N) is 1. The van der Waals surface area contributed by atoms with E-state index >= 15 is 0 Å². The quantitative estimate of drug-likeness (QED) is 0.285. The first-order valence-corrected chi connectivity index (χ1v) is 13.1. The van der Waals surface area contributed by atoms with Gasteiger partial charge in [0, 0.05) is 28.7 Å². The van der Waals surface area contributed by atoms with Crippen LogP contribution in [-0.2, 0) is 16.1 Å². The Morgan fingerprint density at radius 1 is 1.03 bits per heavy atom. The summed E-state index contributed by atoms with van der Waals surface area (Å²) < 4.78 is 6.69. The summed E-state index contributed by atoms with van der Waals surface area (Å²) in [7, 11) is 0. The zero-order chi connectivity index (χ0) is 25.5. The summed E-state index contributed by atoms with van der Waals surface area (Å²) in [6.45, 7) is 6.27. The second-order valence-corrected chi connectivity index (χ2v) is 10.3. The number of halogens is 3. The molecule has 0 radical (unpaired) electrons. The summed E-state index contributed by atoms with van der Waals surface area (Å²) >= 11 is 16.4. The van der Waals surface area contributed by atoms with Crippen LogP contribution < -0.4 is 10.1 Å². The van der Waals surface area contributed by atoms with Crippen LogP contribution in [0, 0.1) is 5.92 Å². The number of ether oxygens (including phenoxy) is 1. The lowest BCUT2D eigenvalue weighted by Gasteiger charge is -2.31. The molecule has 0 aliphatic carbocycles. The van der Waals surface area contributed by atoms with E-state index in [1.807, 2.05) is 57.2 Å². The molecule has 35 heavy (non-hydrogen) atoms. The molecule has 0 bridgehead atoms. The summed E-state index contributed by atoms with van der Waals surface area (Å²) in [6, 6.07) is 16.1. The summed E-state index contributed by atoms with van der Waals surface area (Å²) in [5, 5.41) is 5.85. The molecule has 0 saturated heterocycles. The molecule has 0 aliphatic rings. The normalized spacial score (nSPS) is 12.0. The van der Waals surface area contributed by atoms with Gasteiger partial charge < -0.3 is 15.0 Å². The van der Waals surface area contributed by atoms with Gasteiger partial charge in [0.2, 0.25) is 5.91 Å². The molecule has 0 saturated carbocycles. The van der Waals surface area contributed by atoms with E-state index in [1.165, 1.54) is 4.90 Å². The highest BCUT2D eigenvalue weighted by molar-refractivity contribution is 9.10. The molecular weight excluding hydrogens is 551 g/mol. The summed E-state index contributed by atoms with van der Waals surface area (Å²) in [5.41, 5.74) is 0.589. The Balaban J connectivity index is 1.86. The van der Waals surface area contributed by atoms with E-state index in [0.717, 1.165) is 15.2 Å². The van der Waals surface area contributed by atoms with Crippen molar-refractivity contribution in [3.63, 3.8) is 0 Å². The Labute approximate surface area is 224 Å². The number of hydrogen-bond acceptors (Lipinski definition) is 3. The van der Waals surface area contributed by atoms with Crippen molar-refractivity contribution in [2.75, 3.05) is 13.2 Å². The van der Waals surface area contributed by atoms with E-state index < -0.39 is 6.04 Å². The Kier molecular flexibility index (Phi) is 9.84. The maximum Gasteiger partial charge on any atom is 0.261 e. The number of hydrogen-bond donors (Lipinski definition) is 1. The molecule has 8 heteroatoms. The van der Waals surface area contributed by atoms with Crippen LogP contribution in [0.5, 0.6) is 5.75 Å². The average Bonchev–Trinajstić information content (AvgIpc) is 2.84.